The molecule has 0 aromatic heterocycles. The summed E-state index contributed by atoms with van der Waals surface area (Å²) in [6.45, 7) is 2.11. The summed E-state index contributed by atoms with van der Waals surface area (Å²) in [6.07, 6.45) is 1.70. The Kier molecular flexibility index (Phi) is 5.43. The zero-order valence-electron chi connectivity index (χ0n) is 11.9. The number of nitrogens with one attached hydrogen (secondary N) is 1. The maximum absolute atomic E-state index is 12.3. The molecule has 1 aromatic carbocycles. The van der Waals surface area contributed by atoms with E-state index in [0.29, 0.717) is 22.9 Å². The zero-order chi connectivity index (χ0) is 15.2. The molecule has 21 heavy (non-hydrogen) atoms. The highest BCUT2D eigenvalue weighted by molar-refractivity contribution is 6.30. The van der Waals surface area contributed by atoms with E-state index in [0.717, 1.165) is 25.9 Å². The lowest BCUT2D eigenvalue weighted by atomic mass is 10.0. The van der Waals surface area contributed by atoms with Crippen LogP contribution in [-0.2, 0) is 0 Å². The first-order chi connectivity index (χ1) is 10.1. The van der Waals surface area contributed by atoms with Gasteiger partial charge in [0.1, 0.15) is 5.75 Å². The molecule has 0 saturated carbocycles. The van der Waals surface area contributed by atoms with Crippen molar-refractivity contribution < 1.29 is 9.53 Å². The van der Waals surface area contributed by atoms with Gasteiger partial charge in [0.2, 0.25) is 0 Å². The molecule has 1 aromatic rings. The van der Waals surface area contributed by atoms with E-state index in [1.807, 2.05) is 0 Å². The van der Waals surface area contributed by atoms with Crippen molar-refractivity contribution in [3.8, 4) is 11.8 Å². The third-order valence-corrected chi connectivity index (χ3v) is 3.86. The molecule has 1 aliphatic rings. The van der Waals surface area contributed by atoms with Crippen LogP contribution in [-0.4, -0.2) is 43.6 Å². The predicted molar refractivity (Wildman–Crippen MR) is 80.5 cm³/mol. The summed E-state index contributed by atoms with van der Waals surface area (Å²) in [7, 11) is 1.52. The minimum absolute atomic E-state index is 0.132. The summed E-state index contributed by atoms with van der Waals surface area (Å²) in [6, 6.07) is 7.26. The first-order valence-electron chi connectivity index (χ1n) is 6.87. The Morgan fingerprint density at radius 3 is 2.86 bits per heavy atom. The van der Waals surface area contributed by atoms with Crippen molar-refractivity contribution in [2.45, 2.75) is 18.9 Å². The number of methoxy groups -OCH3 is 1. The van der Waals surface area contributed by atoms with Crippen LogP contribution in [0.25, 0.3) is 0 Å². The lowest BCUT2D eigenvalue weighted by molar-refractivity contribution is 0.0911. The number of nitrogens with zero attached hydrogens (tertiary/aromatic N) is 2. The van der Waals surface area contributed by atoms with E-state index in [1.54, 1.807) is 18.2 Å². The van der Waals surface area contributed by atoms with Gasteiger partial charge in [-0.1, -0.05) is 11.6 Å². The molecule has 0 unspecified atom stereocenters. The summed E-state index contributed by atoms with van der Waals surface area (Å²) in [5.41, 5.74) is 0.487. The van der Waals surface area contributed by atoms with Gasteiger partial charge in [-0.3, -0.25) is 9.69 Å². The molecular formula is C15H18ClN3O2. The van der Waals surface area contributed by atoms with Crippen LogP contribution in [0.2, 0.25) is 5.02 Å². The van der Waals surface area contributed by atoms with Gasteiger partial charge in [0.25, 0.3) is 5.91 Å². The molecule has 1 N–H and O–H groups in total. The Hall–Kier alpha value is -1.77. The molecule has 0 aliphatic carbocycles. The van der Waals surface area contributed by atoms with Gasteiger partial charge in [-0.05, 0) is 31.0 Å². The number of nitriles is 1. The molecule has 1 aliphatic heterocycles. The molecule has 5 nitrogen and oxygen atoms in total. The smallest absolute Gasteiger partial charge is 0.255 e. The van der Waals surface area contributed by atoms with Crippen LogP contribution >= 0.6 is 11.6 Å². The number of halogens is 1. The lowest BCUT2D eigenvalue weighted by Gasteiger charge is -2.30. The number of likely N-dealkylation sites (tertiary alicyclic amines) is 1. The molecule has 0 spiro atoms. The van der Waals surface area contributed by atoms with Crippen LogP contribution in [0.1, 0.15) is 23.2 Å². The fraction of sp³-hybridized carbons (Fsp3) is 0.467. The zero-order valence-corrected chi connectivity index (χ0v) is 12.7. The molecule has 1 saturated heterocycles. The summed E-state index contributed by atoms with van der Waals surface area (Å²) >= 11 is 5.89. The quantitative estimate of drug-likeness (QED) is 0.865. The number of carbonyl (C=O) groups is 1. The average Bonchev–Trinajstić information content (AvgIpc) is 2.49. The second-order valence-corrected chi connectivity index (χ2v) is 5.46. The second-order valence-electron chi connectivity index (χ2n) is 5.03. The third-order valence-electron chi connectivity index (χ3n) is 3.63. The maximum atomic E-state index is 12.3. The molecular weight excluding hydrogens is 290 g/mol. The number of benzene rings is 1. The first-order valence-corrected chi connectivity index (χ1v) is 7.25. The van der Waals surface area contributed by atoms with Crippen molar-refractivity contribution in [3.05, 3.63) is 28.8 Å². The predicted octanol–water partition coefficient (Wildman–Crippen LogP) is 2.07. The first kappa shape index (κ1) is 15.6. The Labute approximate surface area is 129 Å². The van der Waals surface area contributed by atoms with E-state index in [4.69, 9.17) is 21.6 Å². The maximum Gasteiger partial charge on any atom is 0.255 e. The minimum Gasteiger partial charge on any atom is -0.496 e. The Morgan fingerprint density at radius 1 is 1.52 bits per heavy atom. The van der Waals surface area contributed by atoms with E-state index in [1.165, 1.54) is 7.11 Å². The van der Waals surface area contributed by atoms with Gasteiger partial charge in [0.05, 0.1) is 25.3 Å². The van der Waals surface area contributed by atoms with E-state index in [9.17, 15) is 4.79 Å². The minimum atomic E-state index is -0.151. The van der Waals surface area contributed by atoms with Crippen LogP contribution < -0.4 is 10.1 Å². The molecule has 1 heterocycles. The summed E-state index contributed by atoms with van der Waals surface area (Å²) < 4.78 is 5.20. The Bertz CT molecular complexity index is 548. The van der Waals surface area contributed by atoms with Gasteiger partial charge >= 0.3 is 0 Å². The number of ether oxygens (including phenoxy) is 1. The fourth-order valence-electron chi connectivity index (χ4n) is 2.45. The lowest BCUT2D eigenvalue weighted by Crippen LogP contribution is -2.44. The highest BCUT2D eigenvalue weighted by Crippen LogP contribution is 2.23. The Morgan fingerprint density at radius 2 is 2.24 bits per heavy atom. The van der Waals surface area contributed by atoms with Crippen molar-refractivity contribution in [2.24, 2.45) is 0 Å². The van der Waals surface area contributed by atoms with Gasteiger partial charge in [0.15, 0.2) is 0 Å². The molecule has 2 rings (SSSR count). The van der Waals surface area contributed by atoms with Crippen molar-refractivity contribution in [3.63, 3.8) is 0 Å². The molecule has 0 radical (unpaired) electrons. The molecule has 0 bridgehead atoms. The monoisotopic (exact) mass is 307 g/mol. The highest BCUT2D eigenvalue weighted by Gasteiger charge is 2.22. The van der Waals surface area contributed by atoms with Gasteiger partial charge in [-0.15, -0.1) is 0 Å². The number of amides is 1. The molecule has 0 atom stereocenters. The number of hydrogen-bond acceptors (Lipinski definition) is 4. The fourth-order valence-corrected chi connectivity index (χ4v) is 2.61. The van der Waals surface area contributed by atoms with Gasteiger partial charge < -0.3 is 10.1 Å². The normalized spacial score (nSPS) is 16.2. The van der Waals surface area contributed by atoms with E-state index in [-0.39, 0.29) is 11.9 Å². The molecule has 1 amide bonds. The summed E-state index contributed by atoms with van der Waals surface area (Å²) in [5, 5.41) is 12.2. The molecule has 1 fully saturated rings. The third kappa shape index (κ3) is 4.10. The number of carbonyl (C=O) groups excluding carboxylic acids is 1. The van der Waals surface area contributed by atoms with Crippen molar-refractivity contribution in [1.82, 2.24) is 10.2 Å². The molecule has 112 valence electrons. The van der Waals surface area contributed by atoms with Gasteiger partial charge in [-0.25, -0.2) is 0 Å². The summed E-state index contributed by atoms with van der Waals surface area (Å²) in [4.78, 5) is 14.4. The number of piperidine rings is 1. The number of rotatable bonds is 4. The largest absolute Gasteiger partial charge is 0.496 e. The van der Waals surface area contributed by atoms with Crippen LogP contribution in [0.4, 0.5) is 0 Å². The average molecular weight is 308 g/mol. The van der Waals surface area contributed by atoms with Gasteiger partial charge in [0, 0.05) is 24.2 Å². The molecule has 6 heteroatoms. The van der Waals surface area contributed by atoms with Crippen LogP contribution in [0.15, 0.2) is 18.2 Å². The van der Waals surface area contributed by atoms with Crippen molar-refractivity contribution in [2.75, 3.05) is 26.7 Å². The van der Waals surface area contributed by atoms with E-state index in [2.05, 4.69) is 16.3 Å². The van der Waals surface area contributed by atoms with E-state index < -0.39 is 0 Å². The van der Waals surface area contributed by atoms with Gasteiger partial charge in [-0.2, -0.15) is 5.26 Å². The summed E-state index contributed by atoms with van der Waals surface area (Å²) in [5.74, 6) is 0.323. The van der Waals surface area contributed by atoms with Crippen LogP contribution in [0.3, 0.4) is 0 Å². The standard InChI is InChI=1S/C15H18ClN3O2/c1-21-14-10-11(16)2-3-13(14)15(20)18-12-4-7-19(8-5-12)9-6-17/h2-3,10,12H,4-5,7-9H2,1H3,(H,18,20). The van der Waals surface area contributed by atoms with E-state index >= 15 is 0 Å². The SMILES string of the molecule is COc1cc(Cl)ccc1C(=O)NC1CCN(CC#N)CC1. The number of hydrogen-bond donors (Lipinski definition) is 1. The Balaban J connectivity index is 1.95. The van der Waals surface area contributed by atoms with Crippen LogP contribution in [0.5, 0.6) is 5.75 Å². The second kappa shape index (κ2) is 7.30. The highest BCUT2D eigenvalue weighted by atomic mass is 35.5. The van der Waals surface area contributed by atoms with Crippen molar-refractivity contribution in [1.29, 1.82) is 5.26 Å². The van der Waals surface area contributed by atoms with Crippen molar-refractivity contribution >= 4 is 17.5 Å². The van der Waals surface area contributed by atoms with Crippen LogP contribution in [0, 0.1) is 11.3 Å². The topological polar surface area (TPSA) is 65.4 Å².